The third kappa shape index (κ3) is 2.68. The van der Waals surface area contributed by atoms with E-state index in [2.05, 4.69) is 30.9 Å². The number of aliphatic hydroxyl groups is 1. The molecule has 0 saturated carbocycles. The summed E-state index contributed by atoms with van der Waals surface area (Å²) < 4.78 is 5.53. The second-order valence-corrected chi connectivity index (χ2v) is 5.53. The van der Waals surface area contributed by atoms with Crippen LogP contribution in [-0.2, 0) is 4.74 Å². The van der Waals surface area contributed by atoms with Gasteiger partial charge in [-0.15, -0.1) is 0 Å². The van der Waals surface area contributed by atoms with Crippen molar-refractivity contribution >= 4 is 5.69 Å². The van der Waals surface area contributed by atoms with Crippen LogP contribution in [-0.4, -0.2) is 30.4 Å². The molecule has 0 amide bonds. The van der Waals surface area contributed by atoms with Gasteiger partial charge in [0, 0.05) is 12.2 Å². The van der Waals surface area contributed by atoms with Crippen LogP contribution in [0.1, 0.15) is 38.9 Å². The standard InChI is InChI=1S/C15H23NO2/c1-4-14(17)12-5-7-13(8-6-12)16-9-10-18-11-15(16,2)3/h5-8,14,17H,4,9-11H2,1-3H3/t14-/m1/s1. The predicted molar refractivity (Wildman–Crippen MR) is 73.9 cm³/mol. The fourth-order valence-corrected chi connectivity index (χ4v) is 2.45. The molecule has 1 saturated heterocycles. The Morgan fingerprint density at radius 1 is 1.33 bits per heavy atom. The van der Waals surface area contributed by atoms with Gasteiger partial charge in [-0.1, -0.05) is 19.1 Å². The van der Waals surface area contributed by atoms with Crippen LogP contribution < -0.4 is 4.90 Å². The molecule has 2 rings (SSSR count). The Hall–Kier alpha value is -1.06. The Balaban J connectivity index is 2.18. The van der Waals surface area contributed by atoms with E-state index in [4.69, 9.17) is 4.74 Å². The largest absolute Gasteiger partial charge is 0.388 e. The van der Waals surface area contributed by atoms with E-state index < -0.39 is 0 Å². The summed E-state index contributed by atoms with van der Waals surface area (Å²) in [4.78, 5) is 2.37. The molecule has 1 aromatic carbocycles. The Bertz CT molecular complexity index is 386. The van der Waals surface area contributed by atoms with Crippen LogP contribution in [0.15, 0.2) is 24.3 Å². The van der Waals surface area contributed by atoms with Crippen molar-refractivity contribution in [2.24, 2.45) is 0 Å². The van der Waals surface area contributed by atoms with Crippen molar-refractivity contribution < 1.29 is 9.84 Å². The maximum Gasteiger partial charge on any atom is 0.0787 e. The maximum absolute atomic E-state index is 9.80. The lowest BCUT2D eigenvalue weighted by Gasteiger charge is -2.43. The van der Waals surface area contributed by atoms with Crippen molar-refractivity contribution in [1.29, 1.82) is 0 Å². The van der Waals surface area contributed by atoms with Crippen molar-refractivity contribution in [3.63, 3.8) is 0 Å². The molecule has 1 atom stereocenters. The topological polar surface area (TPSA) is 32.7 Å². The normalized spacial score (nSPS) is 20.8. The second-order valence-electron chi connectivity index (χ2n) is 5.53. The molecule has 1 aliphatic rings. The van der Waals surface area contributed by atoms with E-state index in [9.17, 15) is 5.11 Å². The summed E-state index contributed by atoms with van der Waals surface area (Å²) >= 11 is 0. The van der Waals surface area contributed by atoms with Gasteiger partial charge in [0.25, 0.3) is 0 Å². The zero-order chi connectivity index (χ0) is 13.2. The van der Waals surface area contributed by atoms with Crippen LogP contribution in [0.2, 0.25) is 0 Å². The average Bonchev–Trinajstić information content (AvgIpc) is 2.37. The number of hydrogen-bond donors (Lipinski definition) is 1. The third-order valence-electron chi connectivity index (χ3n) is 3.62. The summed E-state index contributed by atoms with van der Waals surface area (Å²) in [6.07, 6.45) is 0.402. The fraction of sp³-hybridized carbons (Fsp3) is 0.600. The second kappa shape index (κ2) is 5.29. The average molecular weight is 249 g/mol. The van der Waals surface area contributed by atoms with E-state index in [0.717, 1.165) is 31.7 Å². The molecule has 1 N–H and O–H groups in total. The molecular weight excluding hydrogens is 226 g/mol. The summed E-state index contributed by atoms with van der Waals surface area (Å²) in [6.45, 7) is 8.84. The van der Waals surface area contributed by atoms with Crippen molar-refractivity contribution in [2.75, 3.05) is 24.7 Å². The van der Waals surface area contributed by atoms with E-state index >= 15 is 0 Å². The van der Waals surface area contributed by atoms with E-state index in [1.54, 1.807) is 0 Å². The minimum Gasteiger partial charge on any atom is -0.388 e. The summed E-state index contributed by atoms with van der Waals surface area (Å²) in [5.74, 6) is 0. The molecule has 3 nitrogen and oxygen atoms in total. The highest BCUT2D eigenvalue weighted by atomic mass is 16.5. The number of hydrogen-bond acceptors (Lipinski definition) is 3. The molecule has 0 aliphatic carbocycles. The van der Waals surface area contributed by atoms with Crippen LogP contribution in [0, 0.1) is 0 Å². The summed E-state index contributed by atoms with van der Waals surface area (Å²) in [6, 6.07) is 8.24. The number of nitrogens with zero attached hydrogens (tertiary/aromatic N) is 1. The van der Waals surface area contributed by atoms with Gasteiger partial charge in [-0.3, -0.25) is 0 Å². The minimum atomic E-state index is -0.350. The molecule has 0 aromatic heterocycles. The van der Waals surface area contributed by atoms with Crippen LogP contribution in [0.3, 0.4) is 0 Å². The fourth-order valence-electron chi connectivity index (χ4n) is 2.45. The quantitative estimate of drug-likeness (QED) is 0.894. The lowest BCUT2D eigenvalue weighted by Crippen LogP contribution is -2.53. The van der Waals surface area contributed by atoms with E-state index in [-0.39, 0.29) is 11.6 Å². The number of anilines is 1. The number of morpholine rings is 1. The Morgan fingerprint density at radius 2 is 2.00 bits per heavy atom. The first kappa shape index (κ1) is 13.4. The first-order valence-corrected chi connectivity index (χ1v) is 6.68. The van der Waals surface area contributed by atoms with Crippen LogP contribution in [0.25, 0.3) is 0 Å². The summed E-state index contributed by atoms with van der Waals surface area (Å²) in [5.41, 5.74) is 2.23. The van der Waals surface area contributed by atoms with Crippen molar-refractivity contribution in [2.45, 2.75) is 38.8 Å². The Morgan fingerprint density at radius 3 is 2.56 bits per heavy atom. The predicted octanol–water partition coefficient (Wildman–Crippen LogP) is 2.75. The molecule has 0 unspecified atom stereocenters. The lowest BCUT2D eigenvalue weighted by atomic mass is 10.00. The van der Waals surface area contributed by atoms with Gasteiger partial charge in [-0.25, -0.2) is 0 Å². The molecule has 0 radical (unpaired) electrons. The molecule has 3 heteroatoms. The number of aliphatic hydroxyl groups excluding tert-OH is 1. The molecular formula is C15H23NO2. The van der Waals surface area contributed by atoms with Gasteiger partial charge < -0.3 is 14.7 Å². The lowest BCUT2D eigenvalue weighted by molar-refractivity contribution is 0.0644. The van der Waals surface area contributed by atoms with Gasteiger partial charge >= 0.3 is 0 Å². The van der Waals surface area contributed by atoms with Crippen LogP contribution in [0.5, 0.6) is 0 Å². The molecule has 1 heterocycles. The van der Waals surface area contributed by atoms with Crippen molar-refractivity contribution in [3.8, 4) is 0 Å². The molecule has 18 heavy (non-hydrogen) atoms. The van der Waals surface area contributed by atoms with Crippen molar-refractivity contribution in [1.82, 2.24) is 0 Å². The first-order chi connectivity index (χ1) is 8.54. The molecule has 0 spiro atoms. The molecule has 1 aromatic rings. The third-order valence-corrected chi connectivity index (χ3v) is 3.62. The Labute approximate surface area is 109 Å². The van der Waals surface area contributed by atoms with Crippen LogP contribution in [0.4, 0.5) is 5.69 Å². The van der Waals surface area contributed by atoms with Gasteiger partial charge in [0.05, 0.1) is 24.9 Å². The molecule has 1 aliphatic heterocycles. The zero-order valence-electron chi connectivity index (χ0n) is 11.5. The van der Waals surface area contributed by atoms with E-state index in [0.29, 0.717) is 0 Å². The monoisotopic (exact) mass is 249 g/mol. The van der Waals surface area contributed by atoms with E-state index in [1.165, 1.54) is 5.69 Å². The van der Waals surface area contributed by atoms with Gasteiger partial charge in [-0.05, 0) is 38.0 Å². The van der Waals surface area contributed by atoms with Gasteiger partial charge in [-0.2, -0.15) is 0 Å². The van der Waals surface area contributed by atoms with E-state index in [1.807, 2.05) is 19.1 Å². The Kier molecular flexibility index (Phi) is 3.93. The number of rotatable bonds is 3. The summed E-state index contributed by atoms with van der Waals surface area (Å²) in [7, 11) is 0. The zero-order valence-corrected chi connectivity index (χ0v) is 11.5. The van der Waals surface area contributed by atoms with Gasteiger partial charge in [0.15, 0.2) is 0 Å². The van der Waals surface area contributed by atoms with Crippen LogP contribution >= 0.6 is 0 Å². The molecule has 0 bridgehead atoms. The molecule has 1 fully saturated rings. The van der Waals surface area contributed by atoms with Gasteiger partial charge in [0.2, 0.25) is 0 Å². The smallest absolute Gasteiger partial charge is 0.0787 e. The maximum atomic E-state index is 9.80. The first-order valence-electron chi connectivity index (χ1n) is 6.68. The SMILES string of the molecule is CC[C@@H](O)c1ccc(N2CCOCC2(C)C)cc1. The highest BCUT2D eigenvalue weighted by Crippen LogP contribution is 2.28. The van der Waals surface area contributed by atoms with Crippen molar-refractivity contribution in [3.05, 3.63) is 29.8 Å². The number of ether oxygens (including phenoxy) is 1. The highest BCUT2D eigenvalue weighted by molar-refractivity contribution is 5.50. The number of benzene rings is 1. The summed E-state index contributed by atoms with van der Waals surface area (Å²) in [5, 5.41) is 9.80. The van der Waals surface area contributed by atoms with Gasteiger partial charge in [0.1, 0.15) is 0 Å². The minimum absolute atomic E-state index is 0.0309. The highest BCUT2D eigenvalue weighted by Gasteiger charge is 2.30. The molecule has 100 valence electrons.